The lowest BCUT2D eigenvalue weighted by Gasteiger charge is -2.34. The molecule has 0 bridgehead atoms. The number of nitrogens with one attached hydrogen (secondary N) is 2. The van der Waals surface area contributed by atoms with Gasteiger partial charge in [-0.2, -0.15) is 4.72 Å². The number of carbonyl (C=O) groups is 3. The summed E-state index contributed by atoms with van der Waals surface area (Å²) in [6.07, 6.45) is 0.0542. The Kier molecular flexibility index (Phi) is 7.96. The summed E-state index contributed by atoms with van der Waals surface area (Å²) in [5.74, 6) is -0.733. The van der Waals surface area contributed by atoms with Crippen molar-refractivity contribution in [2.45, 2.75) is 69.2 Å². The molecule has 3 amide bonds. The van der Waals surface area contributed by atoms with Crippen LogP contribution in [0.2, 0.25) is 5.02 Å². The molecule has 2 heterocycles. The van der Waals surface area contributed by atoms with Gasteiger partial charge in [0.25, 0.3) is 0 Å². The van der Waals surface area contributed by atoms with E-state index >= 15 is 0 Å². The summed E-state index contributed by atoms with van der Waals surface area (Å²) in [5.41, 5.74) is 1.25. The number of carbonyl (C=O) groups excluding carboxylic acids is 2. The number of halogens is 1. The number of hydrogen-bond donors (Lipinski definition) is 5. The summed E-state index contributed by atoms with van der Waals surface area (Å²) in [4.78, 5) is 41.7. The van der Waals surface area contributed by atoms with Gasteiger partial charge in [0.05, 0.1) is 4.90 Å². The smallest absolute Gasteiger partial charge is 0.408 e. The first kappa shape index (κ1) is 28.2. The van der Waals surface area contributed by atoms with E-state index in [0.29, 0.717) is 41.1 Å². The van der Waals surface area contributed by atoms with E-state index in [2.05, 4.69) is 10.0 Å². The molecule has 2 atom stereocenters. The highest BCUT2D eigenvalue weighted by atomic mass is 35.5. The molecule has 2 aliphatic heterocycles. The standard InChI is InChI=1S/C26H33ClN4O6S/c1-26(2,3)31(25(34)35)15-16-10-11-18(27)13-17(16)14-28-23(32)20-8-6-12-30(20)24(33)22-19-7-4-5-9-21(19)38(36,37)29-22/h4-5,7,9-11,13,20,22,29,36-37H,6,8,12,14-15H2,1-3H3,(H,28,32)(H,34,35)/t20-,22?/m0/s1. The maximum absolute atomic E-state index is 13.5. The van der Waals surface area contributed by atoms with Crippen molar-refractivity contribution >= 4 is 40.3 Å². The molecule has 1 fully saturated rings. The first-order valence-corrected chi connectivity index (χ1v) is 14.2. The Morgan fingerprint density at radius 2 is 1.87 bits per heavy atom. The van der Waals surface area contributed by atoms with E-state index in [4.69, 9.17) is 11.6 Å². The number of rotatable bonds is 6. The predicted molar refractivity (Wildman–Crippen MR) is 145 cm³/mol. The van der Waals surface area contributed by atoms with Crippen molar-refractivity contribution in [3.8, 4) is 0 Å². The summed E-state index contributed by atoms with van der Waals surface area (Å²) in [6.45, 7) is 6.02. The molecule has 4 rings (SSSR count). The van der Waals surface area contributed by atoms with Crippen LogP contribution in [-0.2, 0) is 22.7 Å². The predicted octanol–water partition coefficient (Wildman–Crippen LogP) is 4.59. The van der Waals surface area contributed by atoms with Crippen LogP contribution in [0, 0.1) is 0 Å². The normalized spacial score (nSPS) is 21.1. The average Bonchev–Trinajstić information content (AvgIpc) is 3.43. The van der Waals surface area contributed by atoms with Gasteiger partial charge >= 0.3 is 6.09 Å². The molecule has 38 heavy (non-hydrogen) atoms. The molecule has 0 saturated carbocycles. The van der Waals surface area contributed by atoms with Gasteiger partial charge in [0.1, 0.15) is 12.1 Å². The van der Waals surface area contributed by atoms with Crippen LogP contribution >= 0.6 is 22.4 Å². The van der Waals surface area contributed by atoms with Gasteiger partial charge in [-0.25, -0.2) is 4.79 Å². The van der Waals surface area contributed by atoms with E-state index in [-0.39, 0.29) is 23.9 Å². The third-order valence-electron chi connectivity index (χ3n) is 6.89. The number of fused-ring (bicyclic) bond motifs is 1. The minimum atomic E-state index is -3.31. The molecule has 2 aromatic rings. The Hall–Kier alpha value is -2.83. The number of amides is 3. The van der Waals surface area contributed by atoms with Crippen LogP contribution in [0.5, 0.6) is 0 Å². The third kappa shape index (κ3) is 5.76. The zero-order valence-electron chi connectivity index (χ0n) is 21.5. The Labute approximate surface area is 228 Å². The number of likely N-dealkylation sites (tertiary alicyclic amines) is 1. The Morgan fingerprint density at radius 1 is 1.16 bits per heavy atom. The first-order chi connectivity index (χ1) is 17.8. The Morgan fingerprint density at radius 3 is 2.55 bits per heavy atom. The number of benzene rings is 2. The quantitative estimate of drug-likeness (QED) is 0.345. The van der Waals surface area contributed by atoms with Crippen LogP contribution in [0.3, 0.4) is 0 Å². The summed E-state index contributed by atoms with van der Waals surface area (Å²) < 4.78 is 23.5. The zero-order chi connectivity index (χ0) is 27.8. The lowest BCUT2D eigenvalue weighted by Crippen LogP contribution is -2.48. The van der Waals surface area contributed by atoms with Gasteiger partial charge in [-0.3, -0.25) is 23.6 Å². The number of nitrogens with zero attached hydrogens (tertiary/aromatic N) is 2. The van der Waals surface area contributed by atoms with E-state index in [1.165, 1.54) is 9.80 Å². The topological polar surface area (TPSA) is 142 Å². The SMILES string of the molecule is CC(C)(C)N(Cc1ccc(Cl)cc1CNC(=O)[C@@H]1CCCN1C(=O)C1NS(O)(O)c2ccccc21)C(=O)O. The van der Waals surface area contributed by atoms with Crippen LogP contribution in [0.1, 0.15) is 56.3 Å². The summed E-state index contributed by atoms with van der Waals surface area (Å²) in [6, 6.07) is 10.1. The van der Waals surface area contributed by atoms with Crippen molar-refractivity contribution in [3.05, 3.63) is 64.2 Å². The molecular formula is C26H33ClN4O6S. The van der Waals surface area contributed by atoms with Gasteiger partial charge in [0, 0.05) is 35.8 Å². The second kappa shape index (κ2) is 10.7. The van der Waals surface area contributed by atoms with Crippen LogP contribution < -0.4 is 10.0 Å². The van der Waals surface area contributed by atoms with Crippen molar-refractivity contribution in [2.24, 2.45) is 0 Å². The van der Waals surface area contributed by atoms with Crippen LogP contribution in [0.4, 0.5) is 4.79 Å². The molecule has 12 heteroatoms. The van der Waals surface area contributed by atoms with Crippen molar-refractivity contribution in [3.63, 3.8) is 0 Å². The third-order valence-corrected chi connectivity index (χ3v) is 8.68. The second-order valence-corrected chi connectivity index (χ2v) is 12.7. The van der Waals surface area contributed by atoms with Crippen molar-refractivity contribution in [2.75, 3.05) is 6.54 Å². The summed E-state index contributed by atoms with van der Waals surface area (Å²) >= 11 is 6.21. The lowest BCUT2D eigenvalue weighted by molar-refractivity contribution is -0.139. The van der Waals surface area contributed by atoms with Gasteiger partial charge in [-0.15, -0.1) is 10.8 Å². The zero-order valence-corrected chi connectivity index (χ0v) is 23.1. The fourth-order valence-corrected chi connectivity index (χ4v) is 6.56. The molecule has 2 aliphatic rings. The van der Waals surface area contributed by atoms with Crippen molar-refractivity contribution in [1.82, 2.24) is 19.8 Å². The van der Waals surface area contributed by atoms with E-state index in [9.17, 15) is 28.6 Å². The summed E-state index contributed by atoms with van der Waals surface area (Å²) in [5, 5.41) is 13.0. The van der Waals surface area contributed by atoms with Crippen molar-refractivity contribution < 1.29 is 28.6 Å². The highest BCUT2D eigenvalue weighted by molar-refractivity contribution is 8.23. The molecule has 2 aromatic carbocycles. The first-order valence-electron chi connectivity index (χ1n) is 12.3. The van der Waals surface area contributed by atoms with Gasteiger partial charge in [0.15, 0.2) is 0 Å². The highest BCUT2D eigenvalue weighted by Crippen LogP contribution is 2.55. The molecule has 0 spiro atoms. The minimum absolute atomic E-state index is 0.107. The number of hydrogen-bond acceptors (Lipinski definition) is 6. The van der Waals surface area contributed by atoms with Crippen molar-refractivity contribution in [1.29, 1.82) is 0 Å². The Balaban J connectivity index is 1.48. The van der Waals surface area contributed by atoms with Gasteiger partial charge in [-0.1, -0.05) is 35.9 Å². The number of carboxylic acid groups (broad SMARTS) is 1. The molecule has 0 aliphatic carbocycles. The maximum atomic E-state index is 13.5. The molecule has 0 aromatic heterocycles. The van der Waals surface area contributed by atoms with Gasteiger partial charge < -0.3 is 15.3 Å². The van der Waals surface area contributed by atoms with E-state index in [1.807, 2.05) is 0 Å². The second-order valence-electron chi connectivity index (χ2n) is 10.5. The molecule has 1 unspecified atom stereocenters. The van der Waals surface area contributed by atoms with E-state index in [1.54, 1.807) is 63.2 Å². The molecular weight excluding hydrogens is 532 g/mol. The molecule has 0 radical (unpaired) electrons. The molecule has 10 nitrogen and oxygen atoms in total. The fraction of sp³-hybridized carbons (Fsp3) is 0.423. The largest absolute Gasteiger partial charge is 0.465 e. The average molecular weight is 565 g/mol. The Bertz CT molecular complexity index is 1250. The highest BCUT2D eigenvalue weighted by Gasteiger charge is 2.44. The van der Waals surface area contributed by atoms with Gasteiger partial charge in [-0.05, 0) is 62.9 Å². The van der Waals surface area contributed by atoms with Gasteiger partial charge in [0.2, 0.25) is 11.8 Å². The molecule has 206 valence electrons. The minimum Gasteiger partial charge on any atom is -0.465 e. The van der Waals surface area contributed by atoms with E-state index < -0.39 is 40.4 Å². The fourth-order valence-electron chi connectivity index (χ4n) is 4.90. The van der Waals surface area contributed by atoms with Crippen LogP contribution in [0.25, 0.3) is 0 Å². The monoisotopic (exact) mass is 564 g/mol. The molecule has 5 N–H and O–H groups in total. The maximum Gasteiger partial charge on any atom is 0.408 e. The van der Waals surface area contributed by atoms with Crippen LogP contribution in [-0.4, -0.2) is 60.0 Å². The van der Waals surface area contributed by atoms with Crippen LogP contribution in [0.15, 0.2) is 47.4 Å². The van der Waals surface area contributed by atoms with E-state index in [0.717, 1.165) is 0 Å². The summed E-state index contributed by atoms with van der Waals surface area (Å²) in [7, 11) is -3.31. The molecule has 1 saturated heterocycles. The lowest BCUT2D eigenvalue weighted by atomic mass is 10.0.